The summed E-state index contributed by atoms with van der Waals surface area (Å²) in [7, 11) is 2.28. The molecule has 3 aromatic heterocycles. The van der Waals surface area contributed by atoms with Crippen LogP contribution in [0.1, 0.15) is 0 Å². The maximum absolute atomic E-state index is 2.32. The number of hydrogen-bond donors (Lipinski definition) is 0. The monoisotopic (exact) mass is 271 g/mol. The van der Waals surface area contributed by atoms with Gasteiger partial charge in [-0.25, -0.2) is 0 Å². The molecular formula is C17H10BNS. The summed E-state index contributed by atoms with van der Waals surface area (Å²) in [4.78, 5) is 0. The molecule has 0 amide bonds. The van der Waals surface area contributed by atoms with E-state index in [1.54, 1.807) is 0 Å². The summed E-state index contributed by atoms with van der Waals surface area (Å²) in [5, 5.41) is 4.01. The summed E-state index contributed by atoms with van der Waals surface area (Å²) in [6, 6.07) is 21.7. The van der Waals surface area contributed by atoms with Gasteiger partial charge in [0.2, 0.25) is 0 Å². The third-order valence-corrected chi connectivity index (χ3v) is 5.21. The first-order valence-corrected chi connectivity index (χ1v) is 7.53. The number of benzene rings is 2. The standard InChI is InChI=1S/C17H10BNS/c1-3-7-13-11(5-1)9-10-14-17-16(18-19(13)14)12-6-2-4-8-15(12)20-17/h1-10H. The van der Waals surface area contributed by atoms with Gasteiger partial charge >= 0.3 is 120 Å². The molecule has 0 saturated heterocycles. The predicted octanol–water partition coefficient (Wildman–Crippen LogP) is 4.80. The average molecular weight is 271 g/mol. The summed E-state index contributed by atoms with van der Waals surface area (Å²) < 4.78 is 5.08. The van der Waals surface area contributed by atoms with Crippen molar-refractivity contribution in [2.75, 3.05) is 0 Å². The minimum absolute atomic E-state index is 1.28. The van der Waals surface area contributed by atoms with Gasteiger partial charge in [0, 0.05) is 0 Å². The molecule has 3 heteroatoms. The van der Waals surface area contributed by atoms with Gasteiger partial charge in [-0.2, -0.15) is 0 Å². The van der Waals surface area contributed by atoms with Gasteiger partial charge in [-0.3, -0.25) is 0 Å². The molecule has 0 spiro atoms. The van der Waals surface area contributed by atoms with Gasteiger partial charge in [-0.05, 0) is 0 Å². The minimum atomic E-state index is 1.28. The van der Waals surface area contributed by atoms with E-state index >= 15 is 0 Å². The molecule has 5 rings (SSSR count). The van der Waals surface area contributed by atoms with Crippen LogP contribution in [0, 0.1) is 0 Å². The van der Waals surface area contributed by atoms with E-state index < -0.39 is 0 Å². The molecule has 5 aromatic rings. The third kappa shape index (κ3) is 1.26. The zero-order valence-corrected chi connectivity index (χ0v) is 11.5. The topological polar surface area (TPSA) is 4.41 Å². The Balaban J connectivity index is 2.08. The summed E-state index contributed by atoms with van der Waals surface area (Å²) in [5.74, 6) is 0. The van der Waals surface area contributed by atoms with E-state index in [1.165, 1.54) is 36.5 Å². The molecule has 0 unspecified atom stereocenters. The van der Waals surface area contributed by atoms with Crippen molar-refractivity contribution in [1.29, 1.82) is 0 Å². The van der Waals surface area contributed by atoms with Crippen LogP contribution in [0.3, 0.4) is 0 Å². The fourth-order valence-electron chi connectivity index (χ4n) is 3.06. The van der Waals surface area contributed by atoms with Crippen molar-refractivity contribution < 1.29 is 0 Å². The van der Waals surface area contributed by atoms with Gasteiger partial charge in [0.05, 0.1) is 0 Å². The molecule has 0 aliphatic carbocycles. The summed E-state index contributed by atoms with van der Waals surface area (Å²) >= 11 is 1.89. The first-order valence-electron chi connectivity index (χ1n) is 6.72. The first-order chi connectivity index (χ1) is 9.92. The number of nitrogens with zero attached hydrogens (tertiary/aromatic N) is 1. The molecule has 0 radical (unpaired) electrons. The molecule has 0 aliphatic rings. The van der Waals surface area contributed by atoms with Crippen molar-refractivity contribution in [3.63, 3.8) is 0 Å². The van der Waals surface area contributed by atoms with E-state index in [2.05, 4.69) is 72.0 Å². The molecule has 0 atom stereocenters. The van der Waals surface area contributed by atoms with Crippen LogP contribution in [0.2, 0.25) is 0 Å². The summed E-state index contributed by atoms with van der Waals surface area (Å²) in [6.07, 6.45) is 0. The third-order valence-electron chi connectivity index (χ3n) is 4.00. The molecule has 20 heavy (non-hydrogen) atoms. The van der Waals surface area contributed by atoms with Crippen LogP contribution in [0.15, 0.2) is 60.7 Å². The number of thiophene rings is 1. The molecule has 0 fully saturated rings. The Morgan fingerprint density at radius 1 is 0.800 bits per heavy atom. The number of rotatable bonds is 0. The Hall–Kier alpha value is -2.13. The van der Waals surface area contributed by atoms with E-state index in [0.29, 0.717) is 0 Å². The van der Waals surface area contributed by atoms with E-state index in [0.717, 1.165) is 0 Å². The van der Waals surface area contributed by atoms with Gasteiger partial charge in [0.15, 0.2) is 0 Å². The normalized spacial score (nSPS) is 11.8. The van der Waals surface area contributed by atoms with Crippen molar-refractivity contribution in [2.45, 2.75) is 0 Å². The van der Waals surface area contributed by atoms with Gasteiger partial charge in [-0.15, -0.1) is 0 Å². The number of aromatic nitrogens is 1. The Labute approximate surface area is 120 Å². The van der Waals surface area contributed by atoms with E-state index in [9.17, 15) is 0 Å². The molecule has 0 bridgehead atoms. The van der Waals surface area contributed by atoms with Crippen molar-refractivity contribution in [3.8, 4) is 0 Å². The number of para-hydroxylation sites is 1. The second kappa shape index (κ2) is 3.71. The second-order valence-electron chi connectivity index (χ2n) is 5.12. The van der Waals surface area contributed by atoms with Crippen molar-refractivity contribution in [2.24, 2.45) is 0 Å². The fraction of sp³-hybridized carbons (Fsp3) is 0. The van der Waals surface area contributed by atoms with Crippen LogP contribution in [-0.2, 0) is 0 Å². The van der Waals surface area contributed by atoms with Gasteiger partial charge in [0.1, 0.15) is 0 Å². The van der Waals surface area contributed by atoms with Crippen LogP contribution in [0.25, 0.3) is 36.5 Å². The zero-order chi connectivity index (χ0) is 13.1. The molecule has 3 heterocycles. The van der Waals surface area contributed by atoms with Crippen LogP contribution in [-0.4, -0.2) is 11.4 Å². The molecule has 92 valence electrons. The Bertz CT molecular complexity index is 1100. The van der Waals surface area contributed by atoms with E-state index in [4.69, 9.17) is 0 Å². The quantitative estimate of drug-likeness (QED) is 0.381. The zero-order valence-electron chi connectivity index (χ0n) is 10.7. The first kappa shape index (κ1) is 10.6. The summed E-state index contributed by atoms with van der Waals surface area (Å²) in [6.45, 7) is 0. The van der Waals surface area contributed by atoms with Crippen LogP contribution >= 0.6 is 11.3 Å². The second-order valence-corrected chi connectivity index (χ2v) is 6.17. The van der Waals surface area contributed by atoms with E-state index in [-0.39, 0.29) is 0 Å². The van der Waals surface area contributed by atoms with Crippen molar-refractivity contribution in [3.05, 3.63) is 60.7 Å². The number of pyridine rings is 1. The molecule has 0 aliphatic heterocycles. The predicted molar refractivity (Wildman–Crippen MR) is 89.1 cm³/mol. The van der Waals surface area contributed by atoms with Gasteiger partial charge in [-0.1, -0.05) is 0 Å². The van der Waals surface area contributed by atoms with Crippen molar-refractivity contribution in [1.82, 2.24) is 4.31 Å². The molecule has 2 aromatic carbocycles. The van der Waals surface area contributed by atoms with Crippen molar-refractivity contribution >= 4 is 54.9 Å². The van der Waals surface area contributed by atoms with Crippen LogP contribution in [0.4, 0.5) is 0 Å². The maximum atomic E-state index is 2.32. The molecular weight excluding hydrogens is 261 g/mol. The average Bonchev–Trinajstić information content (AvgIpc) is 3.03. The van der Waals surface area contributed by atoms with Crippen LogP contribution < -0.4 is 0 Å². The SMILES string of the molecule is b1c2c3ccccc3sc2c2ccc3ccccc3n12. The molecule has 0 N–H and O–H groups in total. The van der Waals surface area contributed by atoms with Gasteiger partial charge < -0.3 is 0 Å². The number of fused-ring (bicyclic) bond motifs is 7. The summed E-state index contributed by atoms with van der Waals surface area (Å²) in [5.41, 5.74) is 2.58. The van der Waals surface area contributed by atoms with E-state index in [1.807, 2.05) is 11.3 Å². The molecule has 0 saturated carbocycles. The fourth-order valence-corrected chi connectivity index (χ4v) is 4.26. The number of hydrogen-bond acceptors (Lipinski definition) is 1. The van der Waals surface area contributed by atoms with Gasteiger partial charge in [0.25, 0.3) is 0 Å². The Morgan fingerprint density at radius 2 is 1.65 bits per heavy atom. The van der Waals surface area contributed by atoms with Crippen LogP contribution in [0.5, 0.6) is 0 Å². The Morgan fingerprint density at radius 3 is 2.65 bits per heavy atom. The molecule has 1 nitrogen and oxygen atoms in total. The Kier molecular flexibility index (Phi) is 1.97.